The zero-order chi connectivity index (χ0) is 33.1. The summed E-state index contributed by atoms with van der Waals surface area (Å²) in [6.45, 7) is 14.3. The van der Waals surface area contributed by atoms with Gasteiger partial charge in [0.2, 0.25) is 10.0 Å². The lowest BCUT2D eigenvalue weighted by atomic mass is 9.67. The third-order valence-corrected chi connectivity index (χ3v) is 11.6. The number of halogens is 1. The molecule has 1 aliphatic carbocycles. The van der Waals surface area contributed by atoms with Crippen molar-refractivity contribution < 1.29 is 22.3 Å². The number of nitrogens with zero attached hydrogens (tertiary/aromatic N) is 5. The van der Waals surface area contributed by atoms with E-state index in [1.54, 1.807) is 18.0 Å². The zero-order valence-electron chi connectivity index (χ0n) is 28.0. The summed E-state index contributed by atoms with van der Waals surface area (Å²) in [4.78, 5) is 28.9. The molecule has 3 aliphatic rings. The lowest BCUT2D eigenvalue weighted by Gasteiger charge is -2.46. The number of sulfonamides is 1. The average molecular weight is 659 g/mol. The lowest BCUT2D eigenvalue weighted by molar-refractivity contribution is 0.0551. The summed E-state index contributed by atoms with van der Waals surface area (Å²) in [6, 6.07) is 4.01. The van der Waals surface area contributed by atoms with Gasteiger partial charge < -0.3 is 19.4 Å². The second-order valence-corrected chi connectivity index (χ2v) is 16.1. The van der Waals surface area contributed by atoms with Crippen molar-refractivity contribution in [1.29, 1.82) is 0 Å². The Labute approximate surface area is 274 Å². The van der Waals surface area contributed by atoms with Gasteiger partial charge in [-0.2, -0.15) is 0 Å². The molecule has 1 aromatic heterocycles. The van der Waals surface area contributed by atoms with Crippen molar-refractivity contribution >= 4 is 21.7 Å². The van der Waals surface area contributed by atoms with Crippen molar-refractivity contribution in [1.82, 2.24) is 24.5 Å². The number of ether oxygens (including phenoxy) is 1. The largest absolute Gasteiger partial charge is 0.451 e. The minimum atomic E-state index is -3.15. The van der Waals surface area contributed by atoms with E-state index in [4.69, 9.17) is 4.74 Å². The maximum atomic E-state index is 14.4. The van der Waals surface area contributed by atoms with E-state index in [-0.39, 0.29) is 41.1 Å². The molecular weight excluding hydrogens is 607 g/mol. The molecule has 0 radical (unpaired) electrons. The van der Waals surface area contributed by atoms with Gasteiger partial charge in [0.25, 0.3) is 5.91 Å². The first kappa shape index (κ1) is 34.5. The number of anilines is 1. The summed E-state index contributed by atoms with van der Waals surface area (Å²) in [6.07, 6.45) is 10.6. The van der Waals surface area contributed by atoms with Crippen LogP contribution in [-0.2, 0) is 10.0 Å². The molecule has 0 bridgehead atoms. The molecule has 10 nitrogen and oxygen atoms in total. The molecule has 0 unspecified atom stereocenters. The molecule has 2 saturated heterocycles. The number of likely N-dealkylation sites (tertiary alicyclic amines) is 1. The van der Waals surface area contributed by atoms with E-state index in [2.05, 4.69) is 24.5 Å². The van der Waals surface area contributed by atoms with Gasteiger partial charge in [0.15, 0.2) is 11.6 Å². The Morgan fingerprint density at radius 3 is 2.41 bits per heavy atom. The van der Waals surface area contributed by atoms with Gasteiger partial charge in [0.1, 0.15) is 17.9 Å². The summed E-state index contributed by atoms with van der Waals surface area (Å²) in [7, 11) is -3.15. The number of aromatic nitrogens is 2. The normalized spacial score (nSPS) is 21.0. The third kappa shape index (κ3) is 8.17. The van der Waals surface area contributed by atoms with Crippen LogP contribution in [0.2, 0.25) is 0 Å². The molecule has 1 atom stereocenters. The molecule has 12 heteroatoms. The minimum Gasteiger partial charge on any atom is -0.451 e. The van der Waals surface area contributed by atoms with E-state index in [9.17, 15) is 17.6 Å². The van der Waals surface area contributed by atoms with Crippen LogP contribution in [0.15, 0.2) is 30.7 Å². The van der Waals surface area contributed by atoms with Crippen LogP contribution in [0.3, 0.4) is 0 Å². The summed E-state index contributed by atoms with van der Waals surface area (Å²) < 4.78 is 47.6. The Bertz CT molecular complexity index is 1450. The Morgan fingerprint density at radius 1 is 1.07 bits per heavy atom. The Morgan fingerprint density at radius 2 is 1.76 bits per heavy atom. The fourth-order valence-electron chi connectivity index (χ4n) is 7.64. The fourth-order valence-corrected chi connectivity index (χ4v) is 8.55. The molecule has 1 spiro atoms. The van der Waals surface area contributed by atoms with Crippen LogP contribution in [0, 0.1) is 17.2 Å². The van der Waals surface area contributed by atoms with Gasteiger partial charge in [0.05, 0.1) is 17.5 Å². The summed E-state index contributed by atoms with van der Waals surface area (Å²) >= 11 is 0. The van der Waals surface area contributed by atoms with Crippen LogP contribution >= 0.6 is 0 Å². The highest BCUT2D eigenvalue weighted by atomic mass is 32.2. The topological polar surface area (TPSA) is 108 Å². The maximum absolute atomic E-state index is 14.4. The standard InChI is InChI=1S/C34H51FN6O4S/c1-6-46(43,44)38-28-9-12-34(13-10-28)14-17-39(18-15-34)21-26-11-16-40(22-26)32-31(20-36-23-37-32)45-30-8-7-27(35)19-29(30)33(42)41(24(2)3)25(4)5/h7-8,19-20,23-26,28,38H,6,9-18,21-22H2,1-5H3/t26-/m0/s1. The van der Waals surface area contributed by atoms with Crippen molar-refractivity contribution in [2.75, 3.05) is 43.4 Å². The van der Waals surface area contributed by atoms with Gasteiger partial charge in [-0.15, -0.1) is 0 Å². The first-order valence-electron chi connectivity index (χ1n) is 17.0. The molecule has 3 heterocycles. The highest BCUT2D eigenvalue weighted by Gasteiger charge is 2.39. The van der Waals surface area contributed by atoms with Crippen LogP contribution in [0.4, 0.5) is 10.2 Å². The van der Waals surface area contributed by atoms with Crippen molar-refractivity contribution in [3.05, 3.63) is 42.1 Å². The number of amides is 1. The summed E-state index contributed by atoms with van der Waals surface area (Å²) in [5.41, 5.74) is 0.525. The first-order chi connectivity index (χ1) is 21.9. The number of benzene rings is 1. The SMILES string of the molecule is CCS(=O)(=O)NC1CCC2(CC1)CCN(C[C@@H]1CCN(c3ncncc3Oc3ccc(F)cc3C(=O)N(C(C)C)C(C)C)C1)CC2. The number of hydrogen-bond acceptors (Lipinski definition) is 8. The van der Waals surface area contributed by atoms with Gasteiger partial charge >= 0.3 is 0 Å². The van der Waals surface area contributed by atoms with Gasteiger partial charge in [-0.3, -0.25) is 4.79 Å². The predicted octanol–water partition coefficient (Wildman–Crippen LogP) is 5.46. The molecule has 1 N–H and O–H groups in total. The van der Waals surface area contributed by atoms with Crippen molar-refractivity contribution in [2.45, 2.75) is 97.7 Å². The molecule has 254 valence electrons. The molecule has 1 aromatic carbocycles. The monoisotopic (exact) mass is 658 g/mol. The molecule has 3 fully saturated rings. The van der Waals surface area contributed by atoms with Crippen LogP contribution < -0.4 is 14.4 Å². The number of rotatable bonds is 11. The number of hydrogen-bond donors (Lipinski definition) is 1. The maximum Gasteiger partial charge on any atom is 0.258 e. The molecule has 2 aromatic rings. The van der Waals surface area contributed by atoms with Gasteiger partial charge in [-0.05, 0) is 122 Å². The molecule has 2 aliphatic heterocycles. The van der Waals surface area contributed by atoms with Crippen LogP contribution in [0.1, 0.15) is 89.9 Å². The molecule has 1 amide bonds. The zero-order valence-corrected chi connectivity index (χ0v) is 28.9. The van der Waals surface area contributed by atoms with Crippen molar-refractivity contribution in [3.8, 4) is 11.5 Å². The minimum absolute atomic E-state index is 0.0600. The van der Waals surface area contributed by atoms with Crippen LogP contribution in [0.25, 0.3) is 0 Å². The molecule has 1 saturated carbocycles. The second-order valence-electron chi connectivity index (χ2n) is 14.0. The van der Waals surface area contributed by atoms with E-state index >= 15 is 0 Å². The summed E-state index contributed by atoms with van der Waals surface area (Å²) in [5.74, 6) is 1.26. The smallest absolute Gasteiger partial charge is 0.258 e. The number of piperidine rings is 1. The van der Waals surface area contributed by atoms with E-state index in [0.717, 1.165) is 64.8 Å². The highest BCUT2D eigenvalue weighted by Crippen LogP contribution is 2.45. The number of nitrogens with one attached hydrogen (secondary N) is 1. The van der Waals surface area contributed by atoms with Crippen molar-refractivity contribution in [2.24, 2.45) is 11.3 Å². The number of carbonyl (C=O) groups is 1. The van der Waals surface area contributed by atoms with Crippen molar-refractivity contribution in [3.63, 3.8) is 0 Å². The average Bonchev–Trinajstić information content (AvgIpc) is 3.48. The van der Waals surface area contributed by atoms with Gasteiger partial charge in [-0.25, -0.2) is 27.5 Å². The first-order valence-corrected chi connectivity index (χ1v) is 18.6. The molecule has 46 heavy (non-hydrogen) atoms. The quantitative estimate of drug-likeness (QED) is 0.340. The third-order valence-electron chi connectivity index (χ3n) is 10.2. The molecule has 5 rings (SSSR count). The van der Waals surface area contributed by atoms with Crippen LogP contribution in [-0.4, -0.2) is 90.7 Å². The fraction of sp³-hybridized carbons (Fsp3) is 0.676. The predicted molar refractivity (Wildman–Crippen MR) is 178 cm³/mol. The Hall–Kier alpha value is -2.83. The lowest BCUT2D eigenvalue weighted by Crippen LogP contribution is -2.46. The van der Waals surface area contributed by atoms with Gasteiger partial charge in [-0.1, -0.05) is 0 Å². The van der Waals surface area contributed by atoms with E-state index in [1.165, 1.54) is 37.4 Å². The van der Waals surface area contributed by atoms with E-state index < -0.39 is 15.8 Å². The second kappa shape index (κ2) is 14.5. The molecular formula is C34H51FN6O4S. The van der Waals surface area contributed by atoms with Crippen LogP contribution in [0.5, 0.6) is 11.5 Å². The Balaban J connectivity index is 1.18. The number of carbonyl (C=O) groups excluding carboxylic acids is 1. The van der Waals surface area contributed by atoms with E-state index in [0.29, 0.717) is 22.9 Å². The highest BCUT2D eigenvalue weighted by molar-refractivity contribution is 7.89. The van der Waals surface area contributed by atoms with E-state index in [1.807, 2.05) is 27.7 Å². The summed E-state index contributed by atoms with van der Waals surface area (Å²) in [5, 5.41) is 0. The Kier molecular flexibility index (Phi) is 10.9. The van der Waals surface area contributed by atoms with Gasteiger partial charge in [0, 0.05) is 37.8 Å².